The molecule has 2 unspecified atom stereocenters. The van der Waals surface area contributed by atoms with Gasteiger partial charge in [-0.25, -0.2) is 4.21 Å². The van der Waals surface area contributed by atoms with Gasteiger partial charge in [-0.1, -0.05) is 6.07 Å². The van der Waals surface area contributed by atoms with Gasteiger partial charge in [-0.05, 0) is 30.2 Å². The van der Waals surface area contributed by atoms with Crippen molar-refractivity contribution in [2.45, 2.75) is 24.8 Å². The molecular weight excluding hydrogens is 323 g/mol. The van der Waals surface area contributed by atoms with Crippen molar-refractivity contribution in [3.8, 4) is 6.07 Å². The van der Waals surface area contributed by atoms with Crippen LogP contribution in [0, 0.1) is 11.3 Å². The van der Waals surface area contributed by atoms with Gasteiger partial charge >= 0.3 is 12.1 Å². The van der Waals surface area contributed by atoms with Crippen molar-refractivity contribution < 1.29 is 31.5 Å². The minimum atomic E-state index is -4.64. The molecular formula is C13H12F3NO4S. The predicted molar refractivity (Wildman–Crippen MR) is 70.9 cm³/mol. The van der Waals surface area contributed by atoms with E-state index in [1.165, 1.54) is 6.92 Å². The van der Waals surface area contributed by atoms with Gasteiger partial charge in [0.2, 0.25) is 0 Å². The molecule has 0 aliphatic carbocycles. The summed E-state index contributed by atoms with van der Waals surface area (Å²) in [4.78, 5) is 11.7. The van der Waals surface area contributed by atoms with Crippen LogP contribution in [0.15, 0.2) is 18.2 Å². The number of rotatable bonds is 5. The Labute approximate surface area is 127 Å². The van der Waals surface area contributed by atoms with Crippen LogP contribution in [0.3, 0.4) is 0 Å². The number of ether oxygens (including phenoxy) is 1. The van der Waals surface area contributed by atoms with E-state index in [0.717, 1.165) is 6.07 Å². The lowest BCUT2D eigenvalue weighted by Crippen LogP contribution is -2.17. The number of alkyl halides is 3. The van der Waals surface area contributed by atoms with E-state index in [9.17, 15) is 22.2 Å². The van der Waals surface area contributed by atoms with Crippen LogP contribution in [-0.2, 0) is 32.5 Å². The zero-order valence-electron chi connectivity index (χ0n) is 11.4. The molecule has 0 aliphatic heterocycles. The summed E-state index contributed by atoms with van der Waals surface area (Å²) in [5, 5.41) is 9.05. The third kappa shape index (κ3) is 4.54. The molecule has 0 aromatic heterocycles. The maximum absolute atomic E-state index is 12.7. The maximum Gasteiger partial charge on any atom is 0.416 e. The smallest absolute Gasteiger partial charge is 0.416 e. The van der Waals surface area contributed by atoms with Crippen LogP contribution in [0.4, 0.5) is 13.2 Å². The topological polar surface area (TPSA) is 87.4 Å². The number of carbonyl (C=O) groups is 1. The van der Waals surface area contributed by atoms with E-state index in [2.05, 4.69) is 4.74 Å². The van der Waals surface area contributed by atoms with Crippen molar-refractivity contribution in [1.82, 2.24) is 0 Å². The van der Waals surface area contributed by atoms with Gasteiger partial charge in [0.25, 0.3) is 0 Å². The molecule has 120 valence electrons. The van der Waals surface area contributed by atoms with Crippen molar-refractivity contribution in [1.29, 1.82) is 5.26 Å². The molecule has 1 aromatic carbocycles. The van der Waals surface area contributed by atoms with Crippen LogP contribution in [0.2, 0.25) is 0 Å². The van der Waals surface area contributed by atoms with Gasteiger partial charge in [0.1, 0.15) is 0 Å². The molecule has 0 bridgehead atoms. The summed E-state index contributed by atoms with van der Waals surface area (Å²) in [5.74, 6) is -3.01. The molecule has 0 saturated carbocycles. The SMILES string of the molecule is CCOC(=O)C(C#N)c1ccc(C(F)(F)F)cc1CS(=O)O. The molecule has 22 heavy (non-hydrogen) atoms. The summed E-state index contributed by atoms with van der Waals surface area (Å²) < 4.78 is 62.6. The zero-order valence-corrected chi connectivity index (χ0v) is 12.2. The van der Waals surface area contributed by atoms with Crippen molar-refractivity contribution in [3.63, 3.8) is 0 Å². The Balaban J connectivity index is 3.36. The van der Waals surface area contributed by atoms with Crippen LogP contribution in [0.25, 0.3) is 0 Å². The number of carbonyl (C=O) groups excluding carboxylic acids is 1. The Hall–Kier alpha value is -1.92. The Morgan fingerprint density at radius 1 is 1.50 bits per heavy atom. The van der Waals surface area contributed by atoms with Gasteiger partial charge in [-0.15, -0.1) is 0 Å². The molecule has 1 N–H and O–H groups in total. The fourth-order valence-corrected chi connectivity index (χ4v) is 2.31. The monoisotopic (exact) mass is 335 g/mol. The number of halogens is 3. The summed E-state index contributed by atoms with van der Waals surface area (Å²) in [6.07, 6.45) is -4.64. The lowest BCUT2D eigenvalue weighted by Gasteiger charge is -2.15. The highest BCUT2D eigenvalue weighted by Gasteiger charge is 2.33. The Kier molecular flexibility index (Phi) is 6.08. The molecule has 0 radical (unpaired) electrons. The Bertz CT molecular complexity index is 625. The second-order valence-electron chi connectivity index (χ2n) is 4.19. The second-order valence-corrected chi connectivity index (χ2v) is 5.12. The van der Waals surface area contributed by atoms with E-state index in [-0.39, 0.29) is 17.7 Å². The van der Waals surface area contributed by atoms with Gasteiger partial charge in [-0.3, -0.25) is 4.79 Å². The predicted octanol–water partition coefficient (Wildman–Crippen LogP) is 2.60. The first kappa shape index (κ1) is 18.1. The fraction of sp³-hybridized carbons (Fsp3) is 0.385. The van der Waals surface area contributed by atoms with Crippen LogP contribution >= 0.6 is 0 Å². The molecule has 1 rings (SSSR count). The zero-order chi connectivity index (χ0) is 16.9. The lowest BCUT2D eigenvalue weighted by molar-refractivity contribution is -0.143. The first-order chi connectivity index (χ1) is 10.2. The minimum Gasteiger partial charge on any atom is -0.465 e. The summed E-state index contributed by atoms with van der Waals surface area (Å²) >= 11 is -2.43. The summed E-state index contributed by atoms with van der Waals surface area (Å²) in [6.45, 7) is 1.52. The normalized spacial score (nSPS) is 14.0. The number of esters is 1. The highest BCUT2D eigenvalue weighted by atomic mass is 32.2. The Morgan fingerprint density at radius 2 is 2.14 bits per heavy atom. The molecule has 0 saturated heterocycles. The third-order valence-corrected chi connectivity index (χ3v) is 3.27. The summed E-state index contributed by atoms with van der Waals surface area (Å²) in [7, 11) is 0. The summed E-state index contributed by atoms with van der Waals surface area (Å²) in [5.41, 5.74) is -1.30. The van der Waals surface area contributed by atoms with Gasteiger partial charge in [0.05, 0.1) is 24.0 Å². The molecule has 9 heteroatoms. The third-order valence-electron chi connectivity index (χ3n) is 2.71. The molecule has 0 aliphatic rings. The van der Waals surface area contributed by atoms with Crippen molar-refractivity contribution >= 4 is 17.0 Å². The fourth-order valence-electron chi connectivity index (χ4n) is 1.80. The maximum atomic E-state index is 12.7. The second kappa shape index (κ2) is 7.38. The van der Waals surface area contributed by atoms with Crippen LogP contribution in [0.5, 0.6) is 0 Å². The van der Waals surface area contributed by atoms with Crippen LogP contribution in [0.1, 0.15) is 29.5 Å². The van der Waals surface area contributed by atoms with Gasteiger partial charge in [0, 0.05) is 0 Å². The van der Waals surface area contributed by atoms with Gasteiger partial charge < -0.3 is 9.29 Å². The van der Waals surface area contributed by atoms with E-state index < -0.39 is 40.5 Å². The quantitative estimate of drug-likeness (QED) is 0.660. The molecule has 2 atom stereocenters. The van der Waals surface area contributed by atoms with E-state index in [0.29, 0.717) is 12.1 Å². The van der Waals surface area contributed by atoms with Crippen LogP contribution < -0.4 is 0 Å². The average molecular weight is 335 g/mol. The van der Waals surface area contributed by atoms with E-state index in [4.69, 9.17) is 9.81 Å². The molecule has 0 fully saturated rings. The van der Waals surface area contributed by atoms with Gasteiger partial charge in [-0.2, -0.15) is 18.4 Å². The molecule has 1 aromatic rings. The molecule has 0 amide bonds. The number of benzene rings is 1. The minimum absolute atomic E-state index is 0.00108. The number of nitriles is 1. The van der Waals surface area contributed by atoms with Gasteiger partial charge in [0.15, 0.2) is 17.0 Å². The van der Waals surface area contributed by atoms with E-state index in [1.54, 1.807) is 6.07 Å². The molecule has 0 spiro atoms. The number of hydrogen-bond donors (Lipinski definition) is 1. The standard InChI is InChI=1S/C13H12F3NO4S/c1-2-21-12(18)11(6-17)10-4-3-9(13(14,15)16)5-8(10)7-22(19)20/h3-5,11H,2,7H2,1H3,(H,19,20). The first-order valence-electron chi connectivity index (χ1n) is 6.04. The van der Waals surface area contributed by atoms with Crippen molar-refractivity contribution in [2.75, 3.05) is 6.61 Å². The number of nitrogens with zero attached hydrogens (tertiary/aromatic N) is 1. The highest BCUT2D eigenvalue weighted by molar-refractivity contribution is 7.78. The Morgan fingerprint density at radius 3 is 2.59 bits per heavy atom. The van der Waals surface area contributed by atoms with E-state index >= 15 is 0 Å². The molecule has 0 heterocycles. The largest absolute Gasteiger partial charge is 0.465 e. The van der Waals surface area contributed by atoms with E-state index in [1.807, 2.05) is 0 Å². The average Bonchev–Trinajstić information content (AvgIpc) is 2.39. The molecule has 5 nitrogen and oxygen atoms in total. The van der Waals surface area contributed by atoms with Crippen molar-refractivity contribution in [2.24, 2.45) is 0 Å². The van der Waals surface area contributed by atoms with Crippen LogP contribution in [-0.4, -0.2) is 21.3 Å². The number of hydrogen-bond acceptors (Lipinski definition) is 4. The highest BCUT2D eigenvalue weighted by Crippen LogP contribution is 2.33. The van der Waals surface area contributed by atoms with Crippen molar-refractivity contribution in [3.05, 3.63) is 34.9 Å². The summed E-state index contributed by atoms with van der Waals surface area (Å²) in [6, 6.07) is 3.96. The first-order valence-corrected chi connectivity index (χ1v) is 7.32. The lowest BCUT2D eigenvalue weighted by atomic mass is 9.94.